The molecule has 0 aliphatic heterocycles. The molecule has 0 unspecified atom stereocenters. The topological polar surface area (TPSA) is 64.0 Å². The van der Waals surface area contributed by atoms with Gasteiger partial charge in [0.1, 0.15) is 13.1 Å². The Morgan fingerprint density at radius 1 is 1.53 bits per heavy atom. The summed E-state index contributed by atoms with van der Waals surface area (Å²) in [7, 11) is 0. The van der Waals surface area contributed by atoms with Crippen LogP contribution < -0.4 is 10.9 Å². The second-order valence-electron chi connectivity index (χ2n) is 3.04. The molecule has 0 spiro atoms. The van der Waals surface area contributed by atoms with E-state index in [1.807, 2.05) is 0 Å². The summed E-state index contributed by atoms with van der Waals surface area (Å²) in [6.07, 6.45) is -2.17. The van der Waals surface area contributed by atoms with Gasteiger partial charge in [0.05, 0.1) is 0 Å². The highest BCUT2D eigenvalue weighted by Gasteiger charge is 2.27. The van der Waals surface area contributed by atoms with E-state index in [1.165, 1.54) is 6.20 Å². The summed E-state index contributed by atoms with van der Waals surface area (Å²) < 4.78 is 36.2. The first kappa shape index (κ1) is 13.5. The Bertz CT molecular complexity index is 472. The van der Waals surface area contributed by atoms with Crippen LogP contribution in [0.3, 0.4) is 0 Å². The molecule has 1 heterocycles. The van der Waals surface area contributed by atoms with Crippen LogP contribution in [0.4, 0.5) is 13.2 Å². The molecule has 0 fully saturated rings. The van der Waals surface area contributed by atoms with Gasteiger partial charge in [-0.25, -0.2) is 4.98 Å². The molecule has 0 atom stereocenters. The second kappa shape index (κ2) is 5.17. The predicted octanol–water partition coefficient (Wildman–Crippen LogP) is 0.575. The van der Waals surface area contributed by atoms with Gasteiger partial charge in [-0.15, -0.1) is 0 Å². The number of nitrogens with zero attached hydrogens (tertiary/aromatic N) is 2. The first-order valence-electron chi connectivity index (χ1n) is 4.34. The molecule has 17 heavy (non-hydrogen) atoms. The van der Waals surface area contributed by atoms with Crippen LogP contribution in [0.25, 0.3) is 0 Å². The zero-order valence-electron chi connectivity index (χ0n) is 8.29. The van der Waals surface area contributed by atoms with Crippen LogP contribution in [0.15, 0.2) is 17.2 Å². The minimum absolute atomic E-state index is 0.351. The van der Waals surface area contributed by atoms with Gasteiger partial charge in [0.15, 0.2) is 5.15 Å². The number of aromatic nitrogens is 2. The Kier molecular flexibility index (Phi) is 4.11. The SMILES string of the molecule is O=C(Cn1ccnc(Cl)c1=O)NCC(F)(F)F. The first-order valence-corrected chi connectivity index (χ1v) is 4.72. The van der Waals surface area contributed by atoms with Crippen molar-refractivity contribution in [2.24, 2.45) is 0 Å². The van der Waals surface area contributed by atoms with Gasteiger partial charge in [-0.1, -0.05) is 11.6 Å². The van der Waals surface area contributed by atoms with Crippen molar-refractivity contribution in [3.63, 3.8) is 0 Å². The average molecular weight is 270 g/mol. The molecule has 5 nitrogen and oxygen atoms in total. The zero-order chi connectivity index (χ0) is 13.1. The summed E-state index contributed by atoms with van der Waals surface area (Å²) in [5, 5.41) is 1.28. The molecular weight excluding hydrogens is 263 g/mol. The summed E-state index contributed by atoms with van der Waals surface area (Å²) in [5.74, 6) is -0.938. The van der Waals surface area contributed by atoms with Crippen molar-refractivity contribution >= 4 is 17.5 Å². The summed E-state index contributed by atoms with van der Waals surface area (Å²) in [4.78, 5) is 25.8. The van der Waals surface area contributed by atoms with Gasteiger partial charge in [-0.2, -0.15) is 13.2 Å². The molecule has 0 aromatic carbocycles. The highest BCUT2D eigenvalue weighted by Crippen LogP contribution is 2.11. The maximum Gasteiger partial charge on any atom is 0.405 e. The fraction of sp³-hybridized carbons (Fsp3) is 0.375. The molecule has 0 aliphatic rings. The molecule has 94 valence electrons. The van der Waals surface area contributed by atoms with Gasteiger partial charge in [0.25, 0.3) is 5.56 Å². The van der Waals surface area contributed by atoms with E-state index >= 15 is 0 Å². The highest BCUT2D eigenvalue weighted by molar-refractivity contribution is 6.29. The normalized spacial score (nSPS) is 11.3. The molecule has 0 saturated heterocycles. The number of nitrogens with one attached hydrogen (secondary N) is 1. The molecule has 0 saturated carbocycles. The van der Waals surface area contributed by atoms with Crippen LogP contribution in [0.5, 0.6) is 0 Å². The lowest BCUT2D eigenvalue weighted by Gasteiger charge is -2.09. The largest absolute Gasteiger partial charge is 0.405 e. The van der Waals surface area contributed by atoms with Crippen molar-refractivity contribution < 1.29 is 18.0 Å². The lowest BCUT2D eigenvalue weighted by molar-refractivity contribution is -0.138. The van der Waals surface area contributed by atoms with E-state index in [9.17, 15) is 22.8 Å². The molecule has 1 rings (SSSR count). The molecule has 0 aliphatic carbocycles. The van der Waals surface area contributed by atoms with Crippen molar-refractivity contribution in [2.45, 2.75) is 12.7 Å². The monoisotopic (exact) mass is 269 g/mol. The van der Waals surface area contributed by atoms with E-state index in [-0.39, 0.29) is 5.15 Å². The van der Waals surface area contributed by atoms with Crippen LogP contribution >= 0.6 is 11.6 Å². The smallest absolute Gasteiger partial charge is 0.345 e. The number of carbonyl (C=O) groups excluding carboxylic acids is 1. The van der Waals surface area contributed by atoms with E-state index < -0.39 is 30.7 Å². The third-order valence-corrected chi connectivity index (χ3v) is 1.93. The van der Waals surface area contributed by atoms with Gasteiger partial charge in [0.2, 0.25) is 5.91 Å². The Morgan fingerprint density at radius 3 is 2.76 bits per heavy atom. The number of halogens is 4. The first-order chi connectivity index (χ1) is 7.79. The van der Waals surface area contributed by atoms with Gasteiger partial charge >= 0.3 is 6.18 Å². The number of amides is 1. The van der Waals surface area contributed by atoms with Gasteiger partial charge < -0.3 is 9.88 Å². The van der Waals surface area contributed by atoms with Crippen LogP contribution in [-0.4, -0.2) is 28.2 Å². The minimum Gasteiger partial charge on any atom is -0.345 e. The predicted molar refractivity (Wildman–Crippen MR) is 52.6 cm³/mol. The fourth-order valence-electron chi connectivity index (χ4n) is 0.955. The molecule has 9 heteroatoms. The van der Waals surface area contributed by atoms with E-state index in [2.05, 4.69) is 4.98 Å². The molecule has 0 radical (unpaired) electrons. The molecular formula is C8H7ClF3N3O2. The number of hydrogen-bond donors (Lipinski definition) is 1. The summed E-state index contributed by atoms with van der Waals surface area (Å²) >= 11 is 5.39. The number of hydrogen-bond acceptors (Lipinski definition) is 3. The van der Waals surface area contributed by atoms with Crippen LogP contribution in [0.2, 0.25) is 5.15 Å². The van der Waals surface area contributed by atoms with E-state index in [4.69, 9.17) is 11.6 Å². The Balaban J connectivity index is 2.63. The summed E-state index contributed by atoms with van der Waals surface area (Å²) in [5.41, 5.74) is -0.740. The highest BCUT2D eigenvalue weighted by atomic mass is 35.5. The Labute approximate surface area is 98.2 Å². The molecule has 1 amide bonds. The maximum absolute atomic E-state index is 11.8. The number of carbonyl (C=O) groups is 1. The van der Waals surface area contributed by atoms with Crippen molar-refractivity contribution in [1.29, 1.82) is 0 Å². The fourth-order valence-corrected chi connectivity index (χ4v) is 1.12. The van der Waals surface area contributed by atoms with Crippen molar-refractivity contribution in [3.05, 3.63) is 27.9 Å². The zero-order valence-corrected chi connectivity index (χ0v) is 9.05. The van der Waals surface area contributed by atoms with E-state index in [1.54, 1.807) is 5.32 Å². The minimum atomic E-state index is -4.49. The van der Waals surface area contributed by atoms with Gasteiger partial charge in [-0.3, -0.25) is 9.59 Å². The van der Waals surface area contributed by atoms with Crippen LogP contribution in [0, 0.1) is 0 Å². The molecule has 1 N–H and O–H groups in total. The van der Waals surface area contributed by atoms with Crippen molar-refractivity contribution in [1.82, 2.24) is 14.9 Å². The average Bonchev–Trinajstić information content (AvgIpc) is 2.21. The Morgan fingerprint density at radius 2 is 2.18 bits per heavy atom. The van der Waals surface area contributed by atoms with Crippen LogP contribution in [-0.2, 0) is 11.3 Å². The number of rotatable bonds is 3. The molecule has 1 aromatic rings. The Hall–Kier alpha value is -1.57. The van der Waals surface area contributed by atoms with Gasteiger partial charge in [-0.05, 0) is 0 Å². The van der Waals surface area contributed by atoms with Crippen molar-refractivity contribution in [3.8, 4) is 0 Å². The summed E-state index contributed by atoms with van der Waals surface area (Å²) in [6, 6.07) is 0. The summed E-state index contributed by atoms with van der Waals surface area (Å²) in [6.45, 7) is -1.99. The lowest BCUT2D eigenvalue weighted by atomic mass is 10.5. The molecule has 1 aromatic heterocycles. The van der Waals surface area contributed by atoms with Crippen molar-refractivity contribution in [2.75, 3.05) is 6.54 Å². The van der Waals surface area contributed by atoms with Crippen LogP contribution in [0.1, 0.15) is 0 Å². The van der Waals surface area contributed by atoms with Gasteiger partial charge in [0, 0.05) is 12.4 Å². The van der Waals surface area contributed by atoms with E-state index in [0.29, 0.717) is 0 Å². The second-order valence-corrected chi connectivity index (χ2v) is 3.40. The maximum atomic E-state index is 11.8. The lowest BCUT2D eigenvalue weighted by Crippen LogP contribution is -2.37. The third-order valence-electron chi connectivity index (χ3n) is 1.67. The third kappa shape index (κ3) is 4.43. The number of alkyl halides is 3. The standard InChI is InChI=1S/C8H7ClF3N3O2/c9-6-7(17)15(2-1-13-6)3-5(16)14-4-8(10,11)12/h1-2H,3-4H2,(H,14,16). The quantitative estimate of drug-likeness (QED) is 0.873. The van der Waals surface area contributed by atoms with E-state index in [0.717, 1.165) is 10.8 Å². The molecule has 0 bridgehead atoms.